The van der Waals surface area contributed by atoms with Gasteiger partial charge in [-0.15, -0.1) is 0 Å². The topological polar surface area (TPSA) is 32.3 Å². The van der Waals surface area contributed by atoms with Gasteiger partial charge in [0.05, 0.1) is 26.4 Å². The molecule has 0 aliphatic carbocycles. The Hall–Kier alpha value is -2.27. The summed E-state index contributed by atoms with van der Waals surface area (Å²) in [4.78, 5) is 14.1. The summed E-state index contributed by atoms with van der Waals surface area (Å²) in [5.41, 5.74) is 3.36. The Labute approximate surface area is 170 Å². The lowest BCUT2D eigenvalue weighted by Crippen LogP contribution is -2.41. The summed E-state index contributed by atoms with van der Waals surface area (Å²) >= 11 is 18.9. The molecular weight excluding hydrogens is 410 g/mol. The number of para-hydroxylation sites is 1. The number of hydrogen-bond acceptors (Lipinski definition) is 1. The first-order chi connectivity index (χ1) is 13.0. The molecule has 0 unspecified atom stereocenters. The van der Waals surface area contributed by atoms with Gasteiger partial charge in [0.2, 0.25) is 0 Å². The fourth-order valence-corrected chi connectivity index (χ4v) is 4.04. The van der Waals surface area contributed by atoms with E-state index in [1.165, 1.54) is 17.0 Å². The number of carbonyl (C=O) groups is 1. The van der Waals surface area contributed by atoms with E-state index >= 15 is 0 Å². The number of nitrogens with one attached hydrogen (secondary N) is 1. The van der Waals surface area contributed by atoms with Gasteiger partial charge in [-0.3, -0.25) is 4.90 Å². The number of urea groups is 1. The van der Waals surface area contributed by atoms with Crippen molar-refractivity contribution in [3.05, 3.63) is 81.0 Å². The lowest BCUT2D eigenvalue weighted by Gasteiger charge is -2.32. The summed E-state index contributed by atoms with van der Waals surface area (Å²) in [7, 11) is 0. The van der Waals surface area contributed by atoms with E-state index < -0.39 is 5.82 Å². The van der Waals surface area contributed by atoms with Gasteiger partial charge < -0.3 is 5.32 Å². The number of rotatable bonds is 2. The van der Waals surface area contributed by atoms with E-state index in [2.05, 4.69) is 5.32 Å². The van der Waals surface area contributed by atoms with Crippen LogP contribution in [0, 0.1) is 5.82 Å². The van der Waals surface area contributed by atoms with Crippen LogP contribution in [0.4, 0.5) is 20.6 Å². The highest BCUT2D eigenvalue weighted by Gasteiger charge is 2.30. The molecule has 1 N–H and O–H groups in total. The zero-order valence-electron chi connectivity index (χ0n) is 13.8. The number of halogens is 4. The molecule has 0 bridgehead atoms. The SMILES string of the molecule is O=C1NCc2c(-c3ccc(F)cc3Cl)cccc2N1c1c(Cl)cccc1Cl. The van der Waals surface area contributed by atoms with Crippen molar-refractivity contribution < 1.29 is 9.18 Å². The van der Waals surface area contributed by atoms with Crippen LogP contribution < -0.4 is 10.2 Å². The minimum atomic E-state index is -0.411. The summed E-state index contributed by atoms with van der Waals surface area (Å²) in [6, 6.07) is 14.5. The zero-order valence-corrected chi connectivity index (χ0v) is 16.0. The average Bonchev–Trinajstić information content (AvgIpc) is 2.63. The average molecular weight is 422 g/mol. The van der Waals surface area contributed by atoms with Crippen molar-refractivity contribution in [3.8, 4) is 11.1 Å². The van der Waals surface area contributed by atoms with Crippen LogP contribution >= 0.6 is 34.8 Å². The Balaban J connectivity index is 1.93. The van der Waals surface area contributed by atoms with Crippen molar-refractivity contribution in [3.63, 3.8) is 0 Å². The van der Waals surface area contributed by atoms with Crippen molar-refractivity contribution in [2.45, 2.75) is 6.54 Å². The molecule has 136 valence electrons. The zero-order chi connectivity index (χ0) is 19.1. The smallest absolute Gasteiger partial charge is 0.326 e. The van der Waals surface area contributed by atoms with Crippen LogP contribution in [0.5, 0.6) is 0 Å². The van der Waals surface area contributed by atoms with Gasteiger partial charge in [-0.1, -0.05) is 53.0 Å². The molecule has 7 heteroatoms. The number of nitrogens with zero attached hydrogens (tertiary/aromatic N) is 1. The van der Waals surface area contributed by atoms with Gasteiger partial charge in [0.15, 0.2) is 0 Å². The third-order valence-electron chi connectivity index (χ3n) is 4.39. The molecule has 0 radical (unpaired) electrons. The van der Waals surface area contributed by atoms with Crippen molar-refractivity contribution in [2.24, 2.45) is 0 Å². The van der Waals surface area contributed by atoms with Crippen LogP contribution in [0.2, 0.25) is 15.1 Å². The predicted octanol–water partition coefficient (Wildman–Crippen LogP) is 6.81. The third-order valence-corrected chi connectivity index (χ3v) is 5.32. The summed E-state index contributed by atoms with van der Waals surface area (Å²) in [6.45, 7) is 0.302. The van der Waals surface area contributed by atoms with Crippen LogP contribution in [0.15, 0.2) is 54.6 Å². The molecule has 0 aromatic heterocycles. The molecule has 0 saturated carbocycles. The van der Waals surface area contributed by atoms with Crippen LogP contribution in [-0.2, 0) is 6.54 Å². The number of anilines is 2. The van der Waals surface area contributed by atoms with E-state index in [-0.39, 0.29) is 6.03 Å². The minimum Gasteiger partial charge on any atom is -0.333 e. The van der Waals surface area contributed by atoms with Gasteiger partial charge in [0.25, 0.3) is 0 Å². The molecule has 0 spiro atoms. The second-order valence-electron chi connectivity index (χ2n) is 5.99. The van der Waals surface area contributed by atoms with Gasteiger partial charge in [-0.25, -0.2) is 9.18 Å². The van der Waals surface area contributed by atoms with E-state index in [1.54, 1.807) is 24.3 Å². The molecule has 0 atom stereocenters. The molecule has 3 aromatic rings. The van der Waals surface area contributed by atoms with Gasteiger partial charge >= 0.3 is 6.03 Å². The van der Waals surface area contributed by atoms with Crippen LogP contribution in [-0.4, -0.2) is 6.03 Å². The molecule has 1 aliphatic heterocycles. The number of benzene rings is 3. The second kappa shape index (κ2) is 7.04. The highest BCUT2D eigenvalue weighted by atomic mass is 35.5. The van der Waals surface area contributed by atoms with Crippen molar-refractivity contribution in [1.82, 2.24) is 5.32 Å². The predicted molar refractivity (Wildman–Crippen MR) is 108 cm³/mol. The number of amides is 2. The summed E-state index contributed by atoms with van der Waals surface area (Å²) in [5.74, 6) is -0.411. The van der Waals surface area contributed by atoms with Crippen LogP contribution in [0.25, 0.3) is 11.1 Å². The molecule has 4 rings (SSSR count). The van der Waals surface area contributed by atoms with E-state index in [0.717, 1.165) is 11.1 Å². The fraction of sp³-hybridized carbons (Fsp3) is 0.0500. The number of carbonyl (C=O) groups excluding carboxylic acids is 1. The summed E-state index contributed by atoms with van der Waals surface area (Å²) in [6.07, 6.45) is 0. The van der Waals surface area contributed by atoms with E-state index in [1.807, 2.05) is 18.2 Å². The van der Waals surface area contributed by atoms with Crippen molar-refractivity contribution >= 4 is 52.2 Å². The number of fused-ring (bicyclic) bond motifs is 1. The molecule has 0 saturated heterocycles. The van der Waals surface area contributed by atoms with E-state index in [9.17, 15) is 9.18 Å². The second-order valence-corrected chi connectivity index (χ2v) is 7.21. The first kappa shape index (κ1) is 18.1. The van der Waals surface area contributed by atoms with Crippen LogP contribution in [0.3, 0.4) is 0 Å². The lowest BCUT2D eigenvalue weighted by molar-refractivity contribution is 0.247. The fourth-order valence-electron chi connectivity index (χ4n) is 3.21. The first-order valence-electron chi connectivity index (χ1n) is 8.06. The van der Waals surface area contributed by atoms with E-state index in [4.69, 9.17) is 34.8 Å². The van der Waals surface area contributed by atoms with Gasteiger partial charge in [0.1, 0.15) is 5.82 Å². The Bertz CT molecular complexity index is 1050. The maximum Gasteiger partial charge on any atom is 0.326 e. The molecule has 1 aliphatic rings. The summed E-state index contributed by atoms with van der Waals surface area (Å²) in [5, 5.41) is 3.84. The van der Waals surface area contributed by atoms with Gasteiger partial charge in [-0.05, 0) is 42.0 Å². The first-order valence-corrected chi connectivity index (χ1v) is 9.20. The Morgan fingerprint density at radius 1 is 0.889 bits per heavy atom. The van der Waals surface area contributed by atoms with Crippen molar-refractivity contribution in [2.75, 3.05) is 4.90 Å². The highest BCUT2D eigenvalue weighted by Crippen LogP contribution is 2.43. The van der Waals surface area contributed by atoms with Gasteiger partial charge in [-0.2, -0.15) is 0 Å². The molecular formula is C20H12Cl3FN2O. The van der Waals surface area contributed by atoms with Crippen LogP contribution in [0.1, 0.15) is 5.56 Å². The van der Waals surface area contributed by atoms with E-state index in [0.29, 0.717) is 38.6 Å². The quantitative estimate of drug-likeness (QED) is 0.484. The molecule has 0 fully saturated rings. The normalized spacial score (nSPS) is 13.3. The molecule has 1 heterocycles. The Morgan fingerprint density at radius 2 is 1.59 bits per heavy atom. The molecule has 3 aromatic carbocycles. The Morgan fingerprint density at radius 3 is 2.30 bits per heavy atom. The Kier molecular flexibility index (Phi) is 4.72. The monoisotopic (exact) mass is 420 g/mol. The molecule has 3 nitrogen and oxygen atoms in total. The third kappa shape index (κ3) is 3.14. The molecule has 27 heavy (non-hydrogen) atoms. The standard InChI is InChI=1S/C20H12Cl3FN2O/c21-15-4-2-5-16(22)19(15)26-18-6-1-3-12(14(18)10-25-20(26)27)13-8-7-11(24)9-17(13)23/h1-9H,10H2,(H,25,27). The maximum atomic E-state index is 13.4. The highest BCUT2D eigenvalue weighted by molar-refractivity contribution is 6.40. The number of hydrogen-bond donors (Lipinski definition) is 1. The lowest BCUT2D eigenvalue weighted by atomic mass is 9.96. The maximum absolute atomic E-state index is 13.4. The van der Waals surface area contributed by atoms with Crippen molar-refractivity contribution in [1.29, 1.82) is 0 Å². The minimum absolute atomic E-state index is 0.294. The summed E-state index contributed by atoms with van der Waals surface area (Å²) < 4.78 is 13.4. The largest absolute Gasteiger partial charge is 0.333 e. The van der Waals surface area contributed by atoms with Gasteiger partial charge in [0, 0.05) is 17.7 Å². The molecule has 2 amide bonds.